The molecule has 0 atom stereocenters. The summed E-state index contributed by atoms with van der Waals surface area (Å²) in [7, 11) is 0. The number of pyridine rings is 1. The lowest BCUT2D eigenvalue weighted by Crippen LogP contribution is -1.96. The molecule has 104 valence electrons. The number of rotatable bonds is 2. The van der Waals surface area contributed by atoms with Crippen molar-refractivity contribution in [3.63, 3.8) is 0 Å². The van der Waals surface area contributed by atoms with Gasteiger partial charge < -0.3 is 0 Å². The van der Waals surface area contributed by atoms with Crippen LogP contribution in [0.5, 0.6) is 0 Å². The minimum absolute atomic E-state index is 0.431. The van der Waals surface area contributed by atoms with Gasteiger partial charge in [0.1, 0.15) is 10.8 Å². The molecule has 0 aliphatic rings. The molecule has 0 N–H and O–H groups in total. The fraction of sp³-hybridized carbons (Fsp3) is 0.118. The number of aromatic nitrogens is 3. The van der Waals surface area contributed by atoms with Crippen molar-refractivity contribution in [2.24, 2.45) is 0 Å². The molecule has 0 amide bonds. The van der Waals surface area contributed by atoms with Gasteiger partial charge in [0, 0.05) is 11.3 Å². The first-order chi connectivity index (χ1) is 10.1. The highest BCUT2D eigenvalue weighted by molar-refractivity contribution is 6.29. The van der Waals surface area contributed by atoms with Crippen LogP contribution < -0.4 is 0 Å². The van der Waals surface area contributed by atoms with E-state index in [9.17, 15) is 0 Å². The lowest BCUT2D eigenvalue weighted by Gasteiger charge is -2.07. The third-order valence-corrected chi connectivity index (χ3v) is 3.42. The largest absolute Gasteiger partial charge is 0.244 e. The highest BCUT2D eigenvalue weighted by atomic mass is 35.5. The summed E-state index contributed by atoms with van der Waals surface area (Å²) in [4.78, 5) is 13.3. The fourth-order valence-corrected chi connectivity index (χ4v) is 2.45. The molecule has 0 unspecified atom stereocenters. The Morgan fingerprint density at radius 1 is 0.810 bits per heavy atom. The minimum Gasteiger partial charge on any atom is -0.244 e. The van der Waals surface area contributed by atoms with Gasteiger partial charge in [-0.15, -0.1) is 0 Å². The zero-order valence-corrected chi connectivity index (χ0v) is 12.6. The molecule has 0 radical (unpaired) electrons. The summed E-state index contributed by atoms with van der Waals surface area (Å²) >= 11 is 6.00. The summed E-state index contributed by atoms with van der Waals surface area (Å²) in [5, 5.41) is 0.431. The Morgan fingerprint density at radius 2 is 1.57 bits per heavy atom. The van der Waals surface area contributed by atoms with Crippen molar-refractivity contribution in [2.45, 2.75) is 13.8 Å². The van der Waals surface area contributed by atoms with E-state index in [1.807, 2.05) is 37.3 Å². The van der Waals surface area contributed by atoms with Crippen LogP contribution in [0.1, 0.15) is 11.3 Å². The Labute approximate surface area is 128 Å². The molecule has 3 rings (SSSR count). The van der Waals surface area contributed by atoms with Gasteiger partial charge in [0.15, 0.2) is 5.82 Å². The highest BCUT2D eigenvalue weighted by Crippen LogP contribution is 2.24. The van der Waals surface area contributed by atoms with Crippen molar-refractivity contribution in [3.8, 4) is 22.8 Å². The average molecular weight is 296 g/mol. The second kappa shape index (κ2) is 5.62. The number of hydrogen-bond donors (Lipinski definition) is 0. The summed E-state index contributed by atoms with van der Waals surface area (Å²) in [5.41, 5.74) is 4.75. The van der Waals surface area contributed by atoms with Gasteiger partial charge in [-0.3, -0.25) is 0 Å². The Morgan fingerprint density at radius 3 is 2.33 bits per heavy atom. The predicted molar refractivity (Wildman–Crippen MR) is 85.2 cm³/mol. The lowest BCUT2D eigenvalue weighted by atomic mass is 10.1. The highest BCUT2D eigenvalue weighted by Gasteiger charge is 2.08. The van der Waals surface area contributed by atoms with E-state index in [1.54, 1.807) is 6.07 Å². The summed E-state index contributed by atoms with van der Waals surface area (Å²) < 4.78 is 0. The fourth-order valence-electron chi connectivity index (χ4n) is 2.21. The molecule has 21 heavy (non-hydrogen) atoms. The minimum atomic E-state index is 0.431. The van der Waals surface area contributed by atoms with Gasteiger partial charge in [0.2, 0.25) is 0 Å². The van der Waals surface area contributed by atoms with Crippen LogP contribution in [0.3, 0.4) is 0 Å². The van der Waals surface area contributed by atoms with Crippen LogP contribution in [0.2, 0.25) is 5.15 Å². The van der Waals surface area contributed by atoms with Crippen LogP contribution in [0.25, 0.3) is 22.8 Å². The van der Waals surface area contributed by atoms with Crippen molar-refractivity contribution >= 4 is 11.6 Å². The molecular formula is C17H14ClN3. The van der Waals surface area contributed by atoms with Crippen molar-refractivity contribution < 1.29 is 0 Å². The first-order valence-corrected chi connectivity index (χ1v) is 7.06. The maximum absolute atomic E-state index is 6.00. The Hall–Kier alpha value is -2.26. The number of nitrogens with zero attached hydrogens (tertiary/aromatic N) is 3. The van der Waals surface area contributed by atoms with E-state index in [2.05, 4.69) is 34.0 Å². The van der Waals surface area contributed by atoms with E-state index in [1.165, 1.54) is 5.56 Å². The van der Waals surface area contributed by atoms with Gasteiger partial charge in [-0.1, -0.05) is 41.9 Å². The Kier molecular flexibility index (Phi) is 3.67. The van der Waals surface area contributed by atoms with Crippen molar-refractivity contribution in [1.29, 1.82) is 0 Å². The molecule has 4 heteroatoms. The first kappa shape index (κ1) is 13.7. The smallest absolute Gasteiger partial charge is 0.179 e. The van der Waals surface area contributed by atoms with E-state index in [0.29, 0.717) is 11.0 Å². The van der Waals surface area contributed by atoms with E-state index in [0.717, 1.165) is 22.6 Å². The van der Waals surface area contributed by atoms with Crippen LogP contribution in [0.15, 0.2) is 48.5 Å². The van der Waals surface area contributed by atoms with Gasteiger partial charge >= 0.3 is 0 Å². The zero-order chi connectivity index (χ0) is 14.8. The Balaban J connectivity index is 2.10. The lowest BCUT2D eigenvalue weighted by molar-refractivity contribution is 1.09. The molecule has 3 aromatic rings. The van der Waals surface area contributed by atoms with E-state index in [4.69, 9.17) is 11.6 Å². The molecule has 0 aliphatic carbocycles. The van der Waals surface area contributed by atoms with Crippen LogP contribution >= 0.6 is 11.6 Å². The summed E-state index contributed by atoms with van der Waals surface area (Å²) in [6.07, 6.45) is 0. The first-order valence-electron chi connectivity index (χ1n) is 6.68. The molecule has 0 spiro atoms. The van der Waals surface area contributed by atoms with Gasteiger partial charge in [-0.25, -0.2) is 15.0 Å². The third-order valence-electron chi connectivity index (χ3n) is 3.22. The molecule has 0 saturated heterocycles. The monoisotopic (exact) mass is 295 g/mol. The number of aryl methyl sites for hydroxylation is 2. The maximum Gasteiger partial charge on any atom is 0.179 e. The van der Waals surface area contributed by atoms with Crippen molar-refractivity contribution in [1.82, 2.24) is 15.0 Å². The average Bonchev–Trinajstić information content (AvgIpc) is 2.47. The normalized spacial score (nSPS) is 10.6. The molecule has 0 aliphatic heterocycles. The van der Waals surface area contributed by atoms with Crippen molar-refractivity contribution in [2.75, 3.05) is 0 Å². The molecular weight excluding hydrogens is 282 g/mol. The molecule has 2 aromatic heterocycles. The standard InChI is InChI=1S/C17H14ClN3/c1-11-6-3-4-7-13(11)14-8-5-9-15(20-14)17-19-12(2)10-16(18)21-17/h3-10H,1-2H3. The van der Waals surface area contributed by atoms with E-state index in [-0.39, 0.29) is 0 Å². The maximum atomic E-state index is 6.00. The molecule has 2 heterocycles. The van der Waals surface area contributed by atoms with Gasteiger partial charge in [0.25, 0.3) is 0 Å². The number of benzene rings is 1. The van der Waals surface area contributed by atoms with Crippen LogP contribution in [0, 0.1) is 13.8 Å². The van der Waals surface area contributed by atoms with Gasteiger partial charge in [0.05, 0.1) is 5.69 Å². The molecule has 0 fully saturated rings. The van der Waals surface area contributed by atoms with Crippen LogP contribution in [-0.2, 0) is 0 Å². The number of hydrogen-bond acceptors (Lipinski definition) is 3. The summed E-state index contributed by atoms with van der Waals surface area (Å²) in [6.45, 7) is 3.96. The quantitative estimate of drug-likeness (QED) is 0.654. The summed E-state index contributed by atoms with van der Waals surface area (Å²) in [5.74, 6) is 0.551. The van der Waals surface area contributed by atoms with Gasteiger partial charge in [-0.05, 0) is 37.6 Å². The SMILES string of the molecule is Cc1cc(Cl)nc(-c2cccc(-c3ccccc3C)n2)n1. The molecule has 0 bridgehead atoms. The second-order valence-corrected chi connectivity index (χ2v) is 5.27. The zero-order valence-electron chi connectivity index (χ0n) is 11.8. The predicted octanol–water partition coefficient (Wildman–Crippen LogP) is 4.48. The second-order valence-electron chi connectivity index (χ2n) is 4.88. The van der Waals surface area contributed by atoms with Crippen molar-refractivity contribution in [3.05, 3.63) is 64.9 Å². The molecule has 3 nitrogen and oxygen atoms in total. The summed E-state index contributed by atoms with van der Waals surface area (Å²) in [6, 6.07) is 15.7. The molecule has 1 aromatic carbocycles. The number of halogens is 1. The van der Waals surface area contributed by atoms with Gasteiger partial charge in [-0.2, -0.15) is 0 Å². The van der Waals surface area contributed by atoms with E-state index >= 15 is 0 Å². The van der Waals surface area contributed by atoms with Crippen LogP contribution in [0.4, 0.5) is 0 Å². The topological polar surface area (TPSA) is 38.7 Å². The Bertz CT molecular complexity index is 779. The van der Waals surface area contributed by atoms with Crippen LogP contribution in [-0.4, -0.2) is 15.0 Å². The van der Waals surface area contributed by atoms with E-state index < -0.39 is 0 Å². The molecule has 0 saturated carbocycles. The third kappa shape index (κ3) is 2.93.